The average Bonchev–Trinajstić information content (AvgIpc) is 2.58. The maximum Gasteiger partial charge on any atom is 0.259 e. The van der Waals surface area contributed by atoms with Gasteiger partial charge in [-0.15, -0.1) is 11.3 Å². The van der Waals surface area contributed by atoms with Crippen molar-refractivity contribution in [1.82, 2.24) is 10.1 Å². The summed E-state index contributed by atoms with van der Waals surface area (Å²) in [4.78, 5) is 5.28. The molecule has 2 aromatic rings. The van der Waals surface area contributed by atoms with E-state index in [4.69, 9.17) is 4.52 Å². The van der Waals surface area contributed by atoms with Crippen molar-refractivity contribution in [3.05, 3.63) is 21.1 Å². The van der Waals surface area contributed by atoms with Crippen molar-refractivity contribution in [3.8, 4) is 11.5 Å². The minimum atomic E-state index is 0.487. The zero-order valence-electron chi connectivity index (χ0n) is 6.24. The van der Waals surface area contributed by atoms with Gasteiger partial charge in [-0.1, -0.05) is 0 Å². The summed E-state index contributed by atoms with van der Waals surface area (Å²) in [6.45, 7) is 2.04. The van der Waals surface area contributed by atoms with Gasteiger partial charge in [-0.3, -0.25) is 0 Å². The van der Waals surface area contributed by atoms with E-state index in [0.29, 0.717) is 10.6 Å². The number of halogens is 1. The van der Waals surface area contributed by atoms with Crippen LogP contribution in [-0.4, -0.2) is 10.1 Å². The van der Waals surface area contributed by atoms with E-state index in [2.05, 4.69) is 26.1 Å². The Hall–Kier alpha value is -0.680. The first-order valence-electron chi connectivity index (χ1n) is 3.30. The summed E-state index contributed by atoms with van der Waals surface area (Å²) in [5, 5.41) is 5.63. The molecule has 62 valence electrons. The molecule has 2 rings (SSSR count). The van der Waals surface area contributed by atoms with Gasteiger partial charge in [0.05, 0.1) is 5.56 Å². The molecular weight excluding hydrogens is 240 g/mol. The van der Waals surface area contributed by atoms with Gasteiger partial charge in [0.25, 0.3) is 5.89 Å². The van der Waals surface area contributed by atoms with Crippen LogP contribution in [0.15, 0.2) is 20.7 Å². The second kappa shape index (κ2) is 2.99. The number of aromatic nitrogens is 2. The molecule has 0 saturated carbocycles. The molecular formula is C7H5BrN2OS. The Labute approximate surface area is 81.5 Å². The lowest BCUT2D eigenvalue weighted by Crippen LogP contribution is -1.70. The van der Waals surface area contributed by atoms with Gasteiger partial charge in [0.15, 0.2) is 0 Å². The Morgan fingerprint density at radius 2 is 2.42 bits per heavy atom. The van der Waals surface area contributed by atoms with Crippen LogP contribution in [0.4, 0.5) is 0 Å². The third-order valence-electron chi connectivity index (χ3n) is 1.38. The zero-order chi connectivity index (χ0) is 8.55. The van der Waals surface area contributed by atoms with Crippen LogP contribution < -0.4 is 0 Å². The van der Waals surface area contributed by atoms with E-state index in [9.17, 15) is 0 Å². The second-order valence-corrected chi connectivity index (χ2v) is 4.14. The summed E-state index contributed by atoms with van der Waals surface area (Å²) >= 11 is 4.79. The normalized spacial score (nSPS) is 10.5. The fourth-order valence-corrected chi connectivity index (χ4v) is 1.79. The largest absolute Gasteiger partial charge is 0.333 e. The molecule has 0 aliphatic rings. The van der Waals surface area contributed by atoms with Crippen LogP contribution in [0.5, 0.6) is 0 Å². The van der Waals surface area contributed by atoms with E-state index in [1.807, 2.05) is 18.4 Å². The lowest BCUT2D eigenvalue weighted by atomic mass is 10.3. The molecule has 0 unspecified atom stereocenters. The minimum absolute atomic E-state index is 0.487. The Balaban J connectivity index is 2.43. The van der Waals surface area contributed by atoms with E-state index in [1.54, 1.807) is 11.3 Å². The van der Waals surface area contributed by atoms with Gasteiger partial charge in [-0.25, -0.2) is 0 Å². The van der Waals surface area contributed by atoms with Crippen LogP contribution in [0.1, 0.15) is 4.88 Å². The molecule has 2 heterocycles. The third-order valence-corrected chi connectivity index (χ3v) is 2.56. The van der Waals surface area contributed by atoms with E-state index >= 15 is 0 Å². The molecule has 0 atom stereocenters. The van der Waals surface area contributed by atoms with E-state index in [-0.39, 0.29) is 0 Å². The fraction of sp³-hybridized carbons (Fsp3) is 0.143. The molecule has 0 aliphatic carbocycles. The summed E-state index contributed by atoms with van der Waals surface area (Å²) in [7, 11) is 0. The van der Waals surface area contributed by atoms with Crippen molar-refractivity contribution in [3.63, 3.8) is 0 Å². The van der Waals surface area contributed by atoms with Gasteiger partial charge in [-0.2, -0.15) is 4.98 Å². The molecule has 5 heteroatoms. The van der Waals surface area contributed by atoms with Crippen LogP contribution in [0.3, 0.4) is 0 Å². The van der Waals surface area contributed by atoms with E-state index in [1.165, 1.54) is 4.88 Å². The standard InChI is InChI=1S/C7H5BrN2OS/c1-4-2-5(3-12-4)6-9-7(8)10-11-6/h2-3H,1H3. The zero-order valence-corrected chi connectivity index (χ0v) is 8.65. The Morgan fingerprint density at radius 1 is 1.58 bits per heavy atom. The maximum absolute atomic E-state index is 4.96. The molecule has 12 heavy (non-hydrogen) atoms. The van der Waals surface area contributed by atoms with Crippen LogP contribution in [0, 0.1) is 6.92 Å². The van der Waals surface area contributed by atoms with E-state index in [0.717, 1.165) is 5.56 Å². The van der Waals surface area contributed by atoms with Crippen LogP contribution in [0.25, 0.3) is 11.5 Å². The first kappa shape index (κ1) is 7.94. The van der Waals surface area contributed by atoms with Crippen molar-refractivity contribution in [2.45, 2.75) is 6.92 Å². The van der Waals surface area contributed by atoms with Crippen molar-refractivity contribution in [2.24, 2.45) is 0 Å². The van der Waals surface area contributed by atoms with Gasteiger partial charge >= 0.3 is 0 Å². The molecule has 0 aromatic carbocycles. The fourth-order valence-electron chi connectivity index (χ4n) is 0.878. The number of hydrogen-bond donors (Lipinski definition) is 0. The summed E-state index contributed by atoms with van der Waals surface area (Å²) in [6.07, 6.45) is 0. The maximum atomic E-state index is 4.96. The molecule has 0 fully saturated rings. The average molecular weight is 245 g/mol. The van der Waals surface area contributed by atoms with Crippen LogP contribution in [-0.2, 0) is 0 Å². The first-order chi connectivity index (χ1) is 5.75. The van der Waals surface area contributed by atoms with Crippen LogP contribution >= 0.6 is 27.3 Å². The predicted octanol–water partition coefficient (Wildman–Crippen LogP) is 2.87. The highest BCUT2D eigenvalue weighted by Crippen LogP contribution is 2.24. The molecule has 0 spiro atoms. The molecule has 3 nitrogen and oxygen atoms in total. The second-order valence-electron chi connectivity index (χ2n) is 2.31. The summed E-state index contributed by atoms with van der Waals surface area (Å²) < 4.78 is 5.45. The monoisotopic (exact) mass is 244 g/mol. The van der Waals surface area contributed by atoms with E-state index < -0.39 is 0 Å². The van der Waals surface area contributed by atoms with Crippen molar-refractivity contribution in [2.75, 3.05) is 0 Å². The van der Waals surface area contributed by atoms with Crippen molar-refractivity contribution >= 4 is 27.3 Å². The Morgan fingerprint density at radius 3 is 2.92 bits per heavy atom. The van der Waals surface area contributed by atoms with Gasteiger partial charge in [-0.05, 0) is 34.1 Å². The minimum Gasteiger partial charge on any atom is -0.333 e. The molecule has 2 aromatic heterocycles. The SMILES string of the molecule is Cc1cc(-c2nc(Br)no2)cs1. The quantitative estimate of drug-likeness (QED) is 0.775. The van der Waals surface area contributed by atoms with Crippen LogP contribution in [0.2, 0.25) is 0 Å². The molecule has 0 amide bonds. The number of aryl methyl sites for hydroxylation is 1. The molecule has 0 N–H and O–H groups in total. The molecule has 0 saturated heterocycles. The number of thiophene rings is 1. The smallest absolute Gasteiger partial charge is 0.259 e. The number of nitrogens with zero attached hydrogens (tertiary/aromatic N) is 2. The van der Waals surface area contributed by atoms with Crippen molar-refractivity contribution < 1.29 is 4.52 Å². The molecule has 0 aliphatic heterocycles. The van der Waals surface area contributed by atoms with Gasteiger partial charge in [0, 0.05) is 10.3 Å². The van der Waals surface area contributed by atoms with Gasteiger partial charge in [0.2, 0.25) is 4.73 Å². The topological polar surface area (TPSA) is 38.9 Å². The molecule has 0 bridgehead atoms. The third kappa shape index (κ3) is 1.42. The number of hydrogen-bond acceptors (Lipinski definition) is 4. The van der Waals surface area contributed by atoms with Gasteiger partial charge in [0.1, 0.15) is 0 Å². The highest BCUT2D eigenvalue weighted by atomic mass is 79.9. The number of rotatable bonds is 1. The Bertz CT molecular complexity index is 357. The first-order valence-corrected chi connectivity index (χ1v) is 4.98. The highest BCUT2D eigenvalue weighted by molar-refractivity contribution is 9.10. The summed E-state index contributed by atoms with van der Waals surface area (Å²) in [5.74, 6) is 0.561. The predicted molar refractivity (Wildman–Crippen MR) is 50.0 cm³/mol. The summed E-state index contributed by atoms with van der Waals surface area (Å²) in [5.41, 5.74) is 0.982. The lowest BCUT2D eigenvalue weighted by Gasteiger charge is -1.81. The van der Waals surface area contributed by atoms with Crippen molar-refractivity contribution in [1.29, 1.82) is 0 Å². The highest BCUT2D eigenvalue weighted by Gasteiger charge is 2.07. The lowest BCUT2D eigenvalue weighted by molar-refractivity contribution is 0.426. The van der Waals surface area contributed by atoms with Gasteiger partial charge < -0.3 is 4.52 Å². The Kier molecular flexibility index (Phi) is 1.98. The molecule has 0 radical (unpaired) electrons. The summed E-state index contributed by atoms with van der Waals surface area (Å²) in [6, 6.07) is 2.02.